The zero-order chi connectivity index (χ0) is 24.9. The van der Waals surface area contributed by atoms with E-state index in [4.69, 9.17) is 0 Å². The average Bonchev–Trinajstić information content (AvgIpc) is 3.54. The molecule has 0 fully saturated rings. The van der Waals surface area contributed by atoms with E-state index in [9.17, 15) is 5.21 Å². The van der Waals surface area contributed by atoms with E-state index < -0.39 is 5.54 Å². The first-order valence-corrected chi connectivity index (χ1v) is 12.6. The molecule has 5 nitrogen and oxygen atoms in total. The van der Waals surface area contributed by atoms with Crippen LogP contribution in [-0.2, 0) is 21.7 Å². The van der Waals surface area contributed by atoms with Gasteiger partial charge in [0.25, 0.3) is 0 Å². The van der Waals surface area contributed by atoms with Gasteiger partial charge in [-0.05, 0) is 91.8 Å². The first-order chi connectivity index (χ1) is 15.6. The molecule has 0 saturated carbocycles. The number of aromatic nitrogens is 3. The molecule has 3 aromatic heterocycles. The Morgan fingerprint density at radius 1 is 0.588 bits per heavy atom. The van der Waals surface area contributed by atoms with E-state index in [1.165, 1.54) is 16.1 Å². The lowest BCUT2D eigenvalue weighted by molar-refractivity contribution is -0.552. The minimum Gasteiger partial charge on any atom is -0.623 e. The van der Waals surface area contributed by atoms with E-state index in [-0.39, 0.29) is 21.7 Å². The van der Waals surface area contributed by atoms with Gasteiger partial charge in [-0.3, -0.25) is 0 Å². The number of fused-ring (bicyclic) bond motifs is 7. The van der Waals surface area contributed by atoms with Crippen LogP contribution in [-0.4, -0.2) is 30.9 Å². The summed E-state index contributed by atoms with van der Waals surface area (Å²) in [6.07, 6.45) is 1.63. The minimum atomic E-state index is -0.544. The molecule has 0 amide bonds. The number of H-pyrrole nitrogens is 3. The molecule has 182 valence electrons. The maximum atomic E-state index is 14.1. The summed E-state index contributed by atoms with van der Waals surface area (Å²) >= 11 is 0. The Morgan fingerprint density at radius 2 is 0.941 bits per heavy atom. The quantitative estimate of drug-likeness (QED) is 0.264. The molecule has 1 atom stereocenters. The predicted octanol–water partition coefficient (Wildman–Crippen LogP) is 6.40. The molecule has 3 aromatic rings. The third-order valence-corrected chi connectivity index (χ3v) is 9.71. The van der Waals surface area contributed by atoms with Crippen LogP contribution in [0, 0.1) is 5.21 Å². The first kappa shape index (κ1) is 23.1. The summed E-state index contributed by atoms with van der Waals surface area (Å²) in [7, 11) is 0. The van der Waals surface area contributed by atoms with Crippen molar-refractivity contribution in [1.82, 2.24) is 15.0 Å². The van der Waals surface area contributed by atoms with Gasteiger partial charge in [-0.1, -0.05) is 0 Å². The Labute approximate surface area is 203 Å². The third kappa shape index (κ3) is 2.82. The van der Waals surface area contributed by atoms with Crippen molar-refractivity contribution in [3.05, 3.63) is 75.8 Å². The normalized spacial score (nSPS) is 26.6. The highest BCUT2D eigenvalue weighted by Gasteiger charge is 2.57. The number of hydrogen-bond donors (Lipinski definition) is 3. The van der Waals surface area contributed by atoms with E-state index in [0.29, 0.717) is 0 Å². The summed E-state index contributed by atoms with van der Waals surface area (Å²) in [5.74, 6) is 0. The Hall–Kier alpha value is -2.69. The SMILES string of the molecule is CC1(C)C2=[N+]([O-])C(C)(CC2)C(C)(C)c2ccc([nH]2)C(C)(C)c2ccc([nH]2)C(C)(C)c2ccc1[nH]2. The van der Waals surface area contributed by atoms with Crippen LogP contribution in [0.4, 0.5) is 0 Å². The van der Waals surface area contributed by atoms with Crippen molar-refractivity contribution in [3.8, 4) is 0 Å². The van der Waals surface area contributed by atoms with E-state index in [2.05, 4.69) is 114 Å². The number of aromatic amines is 3. The molecule has 0 saturated heterocycles. The van der Waals surface area contributed by atoms with Crippen molar-refractivity contribution in [2.24, 2.45) is 0 Å². The van der Waals surface area contributed by atoms with Crippen molar-refractivity contribution in [1.29, 1.82) is 0 Å². The second-order valence-electron chi connectivity index (χ2n) is 12.9. The van der Waals surface area contributed by atoms with E-state index in [1.807, 2.05) is 0 Å². The Kier molecular flexibility index (Phi) is 4.55. The van der Waals surface area contributed by atoms with Crippen molar-refractivity contribution in [2.75, 3.05) is 0 Å². The topological polar surface area (TPSA) is 73.4 Å². The predicted molar refractivity (Wildman–Crippen MR) is 139 cm³/mol. The van der Waals surface area contributed by atoms with Gasteiger partial charge in [-0.25, -0.2) is 4.74 Å². The molecule has 34 heavy (non-hydrogen) atoms. The zero-order valence-corrected chi connectivity index (χ0v) is 22.2. The van der Waals surface area contributed by atoms with Crippen molar-refractivity contribution < 1.29 is 4.74 Å². The molecule has 0 radical (unpaired) electrons. The van der Waals surface area contributed by atoms with Crippen LogP contribution >= 0.6 is 0 Å². The molecule has 5 heterocycles. The summed E-state index contributed by atoms with van der Waals surface area (Å²) in [5.41, 5.74) is 6.06. The fourth-order valence-corrected chi connectivity index (χ4v) is 6.10. The van der Waals surface area contributed by atoms with Crippen LogP contribution in [0.1, 0.15) is 109 Å². The standard InChI is InChI=1S/C29H40N4O/c1-25(2)18-10-11-19(30-18)26(3,4)21-14-15-23(32-21)28(7,8)29(9)17-16-24(33(29)34)27(5,6)22-13-12-20(25)31-22/h10-15,30-32H,16-17H2,1-9H3. The largest absolute Gasteiger partial charge is 0.623 e. The summed E-state index contributed by atoms with van der Waals surface area (Å²) in [6, 6.07) is 13.2. The number of nitrogens with one attached hydrogen (secondary N) is 3. The smallest absolute Gasteiger partial charge is 0.181 e. The minimum absolute atomic E-state index is 0.228. The zero-order valence-electron chi connectivity index (χ0n) is 22.2. The van der Waals surface area contributed by atoms with Crippen LogP contribution < -0.4 is 0 Å². The van der Waals surface area contributed by atoms with Crippen LogP contribution in [0.15, 0.2) is 36.4 Å². The maximum absolute atomic E-state index is 14.1. The number of rotatable bonds is 0. The second kappa shape index (κ2) is 6.71. The average molecular weight is 461 g/mol. The summed E-state index contributed by atoms with van der Waals surface area (Å²) in [6.45, 7) is 19.9. The molecule has 5 rings (SSSR count). The fourth-order valence-electron chi connectivity index (χ4n) is 6.10. The molecule has 2 aliphatic rings. The van der Waals surface area contributed by atoms with Gasteiger partial charge in [0.05, 0.1) is 10.8 Å². The summed E-state index contributed by atoms with van der Waals surface area (Å²) in [4.78, 5) is 11.2. The molecular weight excluding hydrogens is 420 g/mol. The Bertz CT molecular complexity index is 1290. The number of hydroxylamine groups is 1. The number of nitrogens with zero attached hydrogens (tertiary/aromatic N) is 1. The second-order valence-corrected chi connectivity index (χ2v) is 12.9. The van der Waals surface area contributed by atoms with Gasteiger partial charge < -0.3 is 20.2 Å². The molecule has 5 heteroatoms. The molecule has 8 bridgehead atoms. The number of hydrogen-bond acceptors (Lipinski definition) is 1. The van der Waals surface area contributed by atoms with Gasteiger partial charge in [-0.15, -0.1) is 0 Å². The van der Waals surface area contributed by atoms with E-state index in [0.717, 1.165) is 41.3 Å². The highest BCUT2D eigenvalue weighted by atomic mass is 16.5. The molecule has 1 unspecified atom stereocenters. The van der Waals surface area contributed by atoms with Gasteiger partial charge in [0.1, 0.15) is 0 Å². The van der Waals surface area contributed by atoms with Crippen LogP contribution in [0.25, 0.3) is 0 Å². The van der Waals surface area contributed by atoms with Crippen LogP contribution in [0.3, 0.4) is 0 Å². The lowest BCUT2D eigenvalue weighted by Gasteiger charge is -2.39. The van der Waals surface area contributed by atoms with Gasteiger partial charge in [0, 0.05) is 64.8 Å². The molecular formula is C29H40N4O. The Morgan fingerprint density at radius 3 is 1.38 bits per heavy atom. The molecule has 2 aliphatic heterocycles. The lowest BCUT2D eigenvalue weighted by Crippen LogP contribution is -2.51. The van der Waals surface area contributed by atoms with Gasteiger partial charge in [0.15, 0.2) is 11.3 Å². The van der Waals surface area contributed by atoms with E-state index >= 15 is 0 Å². The molecule has 0 aliphatic carbocycles. The lowest BCUT2D eigenvalue weighted by atomic mass is 9.70. The monoisotopic (exact) mass is 460 g/mol. The fraction of sp³-hybridized carbons (Fsp3) is 0.552. The van der Waals surface area contributed by atoms with Crippen molar-refractivity contribution >= 4 is 5.71 Å². The summed E-state index contributed by atoms with van der Waals surface area (Å²) in [5, 5.41) is 14.1. The summed E-state index contributed by atoms with van der Waals surface area (Å²) < 4.78 is 1.35. The molecule has 3 N–H and O–H groups in total. The van der Waals surface area contributed by atoms with Crippen LogP contribution in [0.2, 0.25) is 0 Å². The maximum Gasteiger partial charge on any atom is 0.181 e. The Balaban J connectivity index is 1.79. The third-order valence-electron chi connectivity index (χ3n) is 9.71. The van der Waals surface area contributed by atoms with Gasteiger partial charge >= 0.3 is 0 Å². The molecule has 0 aromatic carbocycles. The van der Waals surface area contributed by atoms with Crippen LogP contribution in [0.5, 0.6) is 0 Å². The van der Waals surface area contributed by atoms with E-state index in [1.54, 1.807) is 0 Å². The highest BCUT2D eigenvalue weighted by Crippen LogP contribution is 2.47. The van der Waals surface area contributed by atoms with Crippen molar-refractivity contribution in [3.63, 3.8) is 0 Å². The first-order valence-electron chi connectivity index (χ1n) is 12.6. The highest BCUT2D eigenvalue weighted by molar-refractivity contribution is 5.91. The molecule has 0 spiro atoms. The van der Waals surface area contributed by atoms with Gasteiger partial charge in [-0.2, -0.15) is 0 Å². The van der Waals surface area contributed by atoms with Crippen molar-refractivity contribution in [2.45, 2.75) is 102 Å². The van der Waals surface area contributed by atoms with Gasteiger partial charge in [0.2, 0.25) is 0 Å².